The van der Waals surface area contributed by atoms with Gasteiger partial charge in [-0.15, -0.1) is 0 Å². The second-order valence-corrected chi connectivity index (χ2v) is 3.87. The van der Waals surface area contributed by atoms with Gasteiger partial charge in [-0.05, 0) is 31.0 Å². The third-order valence-electron chi connectivity index (χ3n) is 2.03. The molecule has 2 heteroatoms. The summed E-state index contributed by atoms with van der Waals surface area (Å²) in [7, 11) is 0. The molecule has 0 aromatic heterocycles. The molecule has 0 aliphatic carbocycles. The second kappa shape index (κ2) is 2.52. The highest BCUT2D eigenvalue weighted by atomic mass is 79.9. The highest BCUT2D eigenvalue weighted by molar-refractivity contribution is 9.10. The second-order valence-electron chi connectivity index (χ2n) is 3.02. The zero-order valence-corrected chi connectivity index (χ0v) is 7.98. The minimum Gasteiger partial charge on any atom is -0.382 e. The quantitative estimate of drug-likeness (QED) is 0.697. The van der Waals surface area contributed by atoms with Gasteiger partial charge in [-0.25, -0.2) is 0 Å². The molecule has 2 rings (SSSR count). The largest absolute Gasteiger partial charge is 0.382 e. The molecule has 0 saturated heterocycles. The fourth-order valence-electron chi connectivity index (χ4n) is 1.52. The summed E-state index contributed by atoms with van der Waals surface area (Å²) in [5.41, 5.74) is 2.70. The zero-order chi connectivity index (χ0) is 7.84. The summed E-state index contributed by atoms with van der Waals surface area (Å²) in [4.78, 5) is 0. The third kappa shape index (κ3) is 1.16. The molecule has 11 heavy (non-hydrogen) atoms. The molecular formula is C9H10BrN. The predicted molar refractivity (Wildman–Crippen MR) is 50.9 cm³/mol. The first-order valence-electron chi connectivity index (χ1n) is 3.81. The summed E-state index contributed by atoms with van der Waals surface area (Å²) in [6.45, 7) is 2.20. The fraction of sp³-hybridized carbons (Fsp3) is 0.333. The minimum absolute atomic E-state index is 0.587. The van der Waals surface area contributed by atoms with Crippen LogP contribution in [-0.2, 0) is 6.42 Å². The van der Waals surface area contributed by atoms with Gasteiger partial charge in [0.1, 0.15) is 0 Å². The van der Waals surface area contributed by atoms with E-state index in [4.69, 9.17) is 0 Å². The first-order valence-corrected chi connectivity index (χ1v) is 4.60. The predicted octanol–water partition coefficient (Wildman–Crippen LogP) is 2.81. The average Bonchev–Trinajstić information content (AvgIpc) is 2.31. The lowest BCUT2D eigenvalue weighted by atomic mass is 10.1. The average molecular weight is 212 g/mol. The van der Waals surface area contributed by atoms with Crippen LogP contribution < -0.4 is 5.32 Å². The molecule has 1 atom stereocenters. The van der Waals surface area contributed by atoms with Gasteiger partial charge in [-0.3, -0.25) is 0 Å². The Morgan fingerprint density at radius 2 is 2.36 bits per heavy atom. The van der Waals surface area contributed by atoms with Gasteiger partial charge in [-0.1, -0.05) is 22.0 Å². The standard InChI is InChI=1S/C9H10BrN/c1-6-5-7-8(10)3-2-4-9(7)11-6/h2-4,6,11H,5H2,1H3. The number of fused-ring (bicyclic) bond motifs is 1. The third-order valence-corrected chi connectivity index (χ3v) is 2.77. The maximum atomic E-state index is 3.53. The van der Waals surface area contributed by atoms with Crippen molar-refractivity contribution < 1.29 is 0 Å². The Morgan fingerprint density at radius 3 is 3.09 bits per heavy atom. The van der Waals surface area contributed by atoms with Crippen LogP contribution in [0.1, 0.15) is 12.5 Å². The van der Waals surface area contributed by atoms with Crippen molar-refractivity contribution in [3.05, 3.63) is 28.2 Å². The number of hydrogen-bond acceptors (Lipinski definition) is 1. The van der Waals surface area contributed by atoms with E-state index in [0.717, 1.165) is 6.42 Å². The van der Waals surface area contributed by atoms with Gasteiger partial charge in [0, 0.05) is 16.2 Å². The van der Waals surface area contributed by atoms with Gasteiger partial charge >= 0.3 is 0 Å². The highest BCUT2D eigenvalue weighted by Gasteiger charge is 2.17. The summed E-state index contributed by atoms with van der Waals surface area (Å²) >= 11 is 3.53. The molecule has 1 heterocycles. The monoisotopic (exact) mass is 211 g/mol. The number of halogens is 1. The van der Waals surface area contributed by atoms with E-state index >= 15 is 0 Å². The van der Waals surface area contributed by atoms with Gasteiger partial charge in [-0.2, -0.15) is 0 Å². The zero-order valence-electron chi connectivity index (χ0n) is 6.39. The summed E-state index contributed by atoms with van der Waals surface area (Å²) in [6.07, 6.45) is 1.14. The Kier molecular flexibility index (Phi) is 1.64. The van der Waals surface area contributed by atoms with E-state index in [1.54, 1.807) is 0 Å². The molecule has 1 N–H and O–H groups in total. The van der Waals surface area contributed by atoms with Gasteiger partial charge in [0.15, 0.2) is 0 Å². The normalized spacial score (nSPS) is 21.1. The van der Waals surface area contributed by atoms with E-state index in [0.29, 0.717) is 6.04 Å². The number of benzene rings is 1. The molecule has 0 spiro atoms. The molecule has 1 unspecified atom stereocenters. The van der Waals surface area contributed by atoms with Crippen molar-refractivity contribution in [1.29, 1.82) is 0 Å². The van der Waals surface area contributed by atoms with Gasteiger partial charge in [0.05, 0.1) is 0 Å². The van der Waals surface area contributed by atoms with E-state index in [2.05, 4.69) is 46.4 Å². The van der Waals surface area contributed by atoms with E-state index in [1.165, 1.54) is 15.7 Å². The van der Waals surface area contributed by atoms with Crippen LogP contribution in [0.5, 0.6) is 0 Å². The molecule has 0 amide bonds. The molecule has 0 bridgehead atoms. The lowest BCUT2D eigenvalue weighted by Gasteiger charge is -2.00. The molecule has 0 radical (unpaired) electrons. The Labute approximate surface area is 74.9 Å². The summed E-state index contributed by atoms with van der Waals surface area (Å²) in [5.74, 6) is 0. The number of anilines is 1. The summed E-state index contributed by atoms with van der Waals surface area (Å²) in [5, 5.41) is 3.41. The van der Waals surface area contributed by atoms with Gasteiger partial charge < -0.3 is 5.32 Å². The fourth-order valence-corrected chi connectivity index (χ4v) is 2.05. The maximum Gasteiger partial charge on any atom is 0.0387 e. The molecule has 1 aromatic rings. The van der Waals surface area contributed by atoms with Crippen molar-refractivity contribution in [3.8, 4) is 0 Å². The van der Waals surface area contributed by atoms with Crippen molar-refractivity contribution in [2.75, 3.05) is 5.32 Å². The Hall–Kier alpha value is -0.500. The van der Waals surface area contributed by atoms with Crippen LogP contribution in [0.15, 0.2) is 22.7 Å². The molecule has 1 aliphatic heterocycles. The maximum absolute atomic E-state index is 3.53. The molecule has 0 fully saturated rings. The molecule has 0 saturated carbocycles. The van der Waals surface area contributed by atoms with Gasteiger partial charge in [0.2, 0.25) is 0 Å². The highest BCUT2D eigenvalue weighted by Crippen LogP contribution is 2.31. The van der Waals surface area contributed by atoms with E-state index < -0.39 is 0 Å². The summed E-state index contributed by atoms with van der Waals surface area (Å²) in [6, 6.07) is 6.87. The summed E-state index contributed by atoms with van der Waals surface area (Å²) < 4.78 is 1.23. The minimum atomic E-state index is 0.587. The van der Waals surface area contributed by atoms with Crippen molar-refractivity contribution in [2.45, 2.75) is 19.4 Å². The van der Waals surface area contributed by atoms with Crippen LogP contribution in [0, 0.1) is 0 Å². The van der Waals surface area contributed by atoms with E-state index in [-0.39, 0.29) is 0 Å². The number of rotatable bonds is 0. The van der Waals surface area contributed by atoms with Crippen LogP contribution in [0.3, 0.4) is 0 Å². The van der Waals surface area contributed by atoms with Crippen molar-refractivity contribution >= 4 is 21.6 Å². The van der Waals surface area contributed by atoms with E-state index in [1.807, 2.05) is 0 Å². The number of nitrogens with one attached hydrogen (secondary N) is 1. The Balaban J connectivity index is 2.49. The molecule has 1 nitrogen and oxygen atoms in total. The molecular weight excluding hydrogens is 202 g/mol. The molecule has 1 aliphatic rings. The van der Waals surface area contributed by atoms with Crippen molar-refractivity contribution in [1.82, 2.24) is 0 Å². The molecule has 1 aromatic carbocycles. The number of hydrogen-bond donors (Lipinski definition) is 1. The molecule has 58 valence electrons. The van der Waals surface area contributed by atoms with Crippen molar-refractivity contribution in [2.24, 2.45) is 0 Å². The van der Waals surface area contributed by atoms with Crippen LogP contribution in [0.4, 0.5) is 5.69 Å². The first-order chi connectivity index (χ1) is 5.27. The van der Waals surface area contributed by atoms with Crippen molar-refractivity contribution in [3.63, 3.8) is 0 Å². The Bertz CT molecular complexity index is 283. The Morgan fingerprint density at radius 1 is 1.55 bits per heavy atom. The van der Waals surface area contributed by atoms with Crippen LogP contribution >= 0.6 is 15.9 Å². The topological polar surface area (TPSA) is 12.0 Å². The van der Waals surface area contributed by atoms with Crippen LogP contribution in [0.2, 0.25) is 0 Å². The lowest BCUT2D eigenvalue weighted by molar-refractivity contribution is 0.837. The van der Waals surface area contributed by atoms with Gasteiger partial charge in [0.25, 0.3) is 0 Å². The SMILES string of the molecule is CC1Cc2c(Br)cccc2N1. The van der Waals surface area contributed by atoms with E-state index in [9.17, 15) is 0 Å². The first kappa shape index (κ1) is 7.17. The van der Waals surface area contributed by atoms with Crippen LogP contribution in [0.25, 0.3) is 0 Å². The lowest BCUT2D eigenvalue weighted by Crippen LogP contribution is -2.08. The van der Waals surface area contributed by atoms with Crippen LogP contribution in [-0.4, -0.2) is 6.04 Å². The smallest absolute Gasteiger partial charge is 0.0387 e.